The third-order valence-corrected chi connectivity index (χ3v) is 29.0. The van der Waals surface area contributed by atoms with Crippen molar-refractivity contribution in [1.29, 1.82) is 5.26 Å². The maximum absolute atomic E-state index is 10.5. The number of hydrogen-bond donors (Lipinski definition) is 0. The van der Waals surface area contributed by atoms with Crippen LogP contribution >= 0.6 is 0 Å². The van der Waals surface area contributed by atoms with Gasteiger partial charge in [-0.15, -0.1) is 16.6 Å². The van der Waals surface area contributed by atoms with Crippen molar-refractivity contribution in [2.24, 2.45) is 0 Å². The normalized spacial score (nSPS) is 12.7. The van der Waals surface area contributed by atoms with Gasteiger partial charge in [-0.3, -0.25) is 0 Å². The van der Waals surface area contributed by atoms with Crippen LogP contribution in [0.25, 0.3) is 0 Å². The lowest BCUT2D eigenvalue weighted by atomic mass is 10.1. The summed E-state index contributed by atoms with van der Waals surface area (Å²) in [6, 6.07) is 2.49. The van der Waals surface area contributed by atoms with Crippen LogP contribution in [0.15, 0.2) is 11.1 Å². The number of nitriles is 1. The van der Waals surface area contributed by atoms with E-state index in [2.05, 4.69) is 165 Å². The Labute approximate surface area is 254 Å². The summed E-state index contributed by atoms with van der Waals surface area (Å²) in [6.45, 7) is 41.9. The zero-order valence-corrected chi connectivity index (χ0v) is 32.6. The van der Waals surface area contributed by atoms with E-state index in [-0.39, 0.29) is 0 Å². The van der Waals surface area contributed by atoms with Gasteiger partial charge in [-0.05, 0) is 49.9 Å². The third-order valence-electron chi connectivity index (χ3n) is 10.2. The molecule has 0 aromatic rings. The Bertz CT molecular complexity index is 973. The fourth-order valence-corrected chi connectivity index (χ4v) is 23.7. The van der Waals surface area contributed by atoms with Crippen LogP contribution in [0.2, 0.25) is 49.9 Å². The van der Waals surface area contributed by atoms with Crippen LogP contribution in [-0.4, -0.2) is 24.2 Å². The first-order valence-corrected chi connectivity index (χ1v) is 22.7. The van der Waals surface area contributed by atoms with Crippen molar-refractivity contribution in [2.45, 2.75) is 174 Å². The Morgan fingerprint density at radius 3 is 0.675 bits per heavy atom. The topological polar surface area (TPSA) is 23.8 Å². The first kappa shape index (κ1) is 38.6. The highest BCUT2D eigenvalue weighted by atomic mass is 28.3. The lowest BCUT2D eigenvalue weighted by Crippen LogP contribution is -2.43. The molecule has 0 amide bonds. The predicted octanol–water partition coefficient (Wildman–Crippen LogP) is 11.5. The van der Waals surface area contributed by atoms with E-state index in [0.717, 1.165) is 0 Å². The minimum Gasteiger partial charge on any atom is -0.192 e. The Morgan fingerprint density at radius 1 is 0.350 bits per heavy atom. The average molecular weight is 594 g/mol. The van der Waals surface area contributed by atoms with Crippen LogP contribution in [0.5, 0.6) is 0 Å². The molecule has 224 valence electrons. The fourth-order valence-electron chi connectivity index (χ4n) is 8.11. The van der Waals surface area contributed by atoms with Gasteiger partial charge >= 0.3 is 0 Å². The van der Waals surface area contributed by atoms with Crippen LogP contribution in [0.1, 0.15) is 125 Å². The molecule has 0 aromatic heterocycles. The molecule has 4 heteroatoms. The molecular formula is C36H63NSi3. The van der Waals surface area contributed by atoms with E-state index >= 15 is 0 Å². The van der Waals surface area contributed by atoms with Gasteiger partial charge in [0.1, 0.15) is 35.9 Å². The van der Waals surface area contributed by atoms with Gasteiger partial charge in [0.15, 0.2) is 0 Å². The number of allylic oxidation sites excluding steroid dienone is 2. The molecular weight excluding hydrogens is 531 g/mol. The average Bonchev–Trinajstić information content (AvgIpc) is 2.79. The van der Waals surface area contributed by atoms with Crippen LogP contribution in [-0.2, 0) is 0 Å². The van der Waals surface area contributed by atoms with Gasteiger partial charge in [0.05, 0.1) is 5.57 Å². The monoisotopic (exact) mass is 593 g/mol. The van der Waals surface area contributed by atoms with E-state index < -0.39 is 24.2 Å². The summed E-state index contributed by atoms with van der Waals surface area (Å²) in [5.74, 6) is 10.7. The first-order valence-electron chi connectivity index (χ1n) is 16.0. The summed E-state index contributed by atoms with van der Waals surface area (Å²) >= 11 is 0. The van der Waals surface area contributed by atoms with Crippen LogP contribution in [0.3, 0.4) is 0 Å². The molecule has 1 nitrogen and oxygen atoms in total. The van der Waals surface area contributed by atoms with Gasteiger partial charge < -0.3 is 0 Å². The lowest BCUT2D eigenvalue weighted by Gasteiger charge is -2.38. The third kappa shape index (κ3) is 7.89. The second-order valence-corrected chi connectivity index (χ2v) is 31.5. The molecule has 0 radical (unpaired) electrons. The van der Waals surface area contributed by atoms with Gasteiger partial charge in [-0.2, -0.15) is 5.26 Å². The zero-order valence-electron chi connectivity index (χ0n) is 29.6. The summed E-state index contributed by atoms with van der Waals surface area (Å²) in [4.78, 5) is 0. The smallest absolute Gasteiger partial charge is 0.146 e. The highest BCUT2D eigenvalue weighted by molar-refractivity contribution is 6.91. The minimum atomic E-state index is -2.00. The second kappa shape index (κ2) is 15.7. The van der Waals surface area contributed by atoms with Crippen molar-refractivity contribution in [2.75, 3.05) is 0 Å². The van der Waals surface area contributed by atoms with Crippen molar-refractivity contribution >= 4 is 24.2 Å². The van der Waals surface area contributed by atoms with Gasteiger partial charge in [0.25, 0.3) is 0 Å². The molecule has 0 aliphatic carbocycles. The van der Waals surface area contributed by atoms with Crippen LogP contribution in [0.4, 0.5) is 0 Å². The van der Waals surface area contributed by atoms with E-state index in [1.54, 1.807) is 0 Å². The molecule has 0 aliphatic heterocycles. The van der Waals surface area contributed by atoms with Gasteiger partial charge in [0, 0.05) is 0 Å². The first-order chi connectivity index (χ1) is 18.2. The summed E-state index contributed by atoms with van der Waals surface area (Å²) < 4.78 is 0. The van der Waals surface area contributed by atoms with E-state index in [9.17, 15) is 5.26 Å². The van der Waals surface area contributed by atoms with Crippen molar-refractivity contribution in [1.82, 2.24) is 0 Å². The molecule has 0 unspecified atom stereocenters. The quantitative estimate of drug-likeness (QED) is 0.148. The molecule has 0 saturated heterocycles. The Morgan fingerprint density at radius 2 is 0.525 bits per heavy atom. The molecule has 0 aromatic carbocycles. The predicted molar refractivity (Wildman–Crippen MR) is 189 cm³/mol. The molecule has 0 atom stereocenters. The van der Waals surface area contributed by atoms with Gasteiger partial charge in [-0.25, -0.2) is 0 Å². The largest absolute Gasteiger partial charge is 0.192 e. The van der Waals surface area contributed by atoms with Crippen molar-refractivity contribution in [3.8, 4) is 40.5 Å². The van der Waals surface area contributed by atoms with E-state index in [0.29, 0.717) is 61.0 Å². The lowest BCUT2D eigenvalue weighted by molar-refractivity contribution is 0.838. The Hall–Kier alpha value is -1.44. The maximum atomic E-state index is 10.5. The van der Waals surface area contributed by atoms with Crippen LogP contribution in [0, 0.1) is 45.7 Å². The minimum absolute atomic E-state index is 0.483. The van der Waals surface area contributed by atoms with E-state index in [1.807, 2.05) is 0 Å². The molecule has 0 N–H and O–H groups in total. The molecule has 40 heavy (non-hydrogen) atoms. The molecule has 0 fully saturated rings. The molecule has 0 aliphatic rings. The summed E-state index contributed by atoms with van der Waals surface area (Å²) in [5, 5.41) is 10.5. The Balaban J connectivity index is 7.98. The summed E-state index contributed by atoms with van der Waals surface area (Å²) in [7, 11) is -6.01. The van der Waals surface area contributed by atoms with E-state index in [4.69, 9.17) is 0 Å². The second-order valence-electron chi connectivity index (χ2n) is 14.8. The van der Waals surface area contributed by atoms with Crippen molar-refractivity contribution in [3.05, 3.63) is 11.1 Å². The number of nitrogens with zero attached hydrogens (tertiary/aromatic N) is 1. The van der Waals surface area contributed by atoms with Crippen molar-refractivity contribution < 1.29 is 0 Å². The standard InChI is InChI=1S/C36H63NSi3/c1-26(2)38(27(3)4,28(5)6)22-19-35(20-23-39(29(7)8,30(9)10)31(11)12)36(25-37)21-24-40(32(13)14,33(15)16)34(17)18/h26-34H,1-18H3. The summed E-state index contributed by atoms with van der Waals surface area (Å²) in [5.41, 5.74) is 17.3. The fraction of sp³-hybridized carbons (Fsp3) is 0.750. The summed E-state index contributed by atoms with van der Waals surface area (Å²) in [6.07, 6.45) is 0. The van der Waals surface area contributed by atoms with E-state index in [1.165, 1.54) is 0 Å². The molecule has 0 saturated carbocycles. The van der Waals surface area contributed by atoms with Gasteiger partial charge in [-0.1, -0.05) is 142 Å². The molecule has 0 bridgehead atoms. The maximum Gasteiger partial charge on any atom is 0.146 e. The van der Waals surface area contributed by atoms with Crippen molar-refractivity contribution in [3.63, 3.8) is 0 Å². The molecule has 0 heterocycles. The number of rotatable bonds is 9. The van der Waals surface area contributed by atoms with Gasteiger partial charge in [0.2, 0.25) is 0 Å². The highest BCUT2D eigenvalue weighted by Gasteiger charge is 2.44. The molecule has 0 rings (SSSR count). The van der Waals surface area contributed by atoms with Crippen LogP contribution < -0.4 is 0 Å². The zero-order chi connectivity index (χ0) is 31.8. The number of hydrogen-bond acceptors (Lipinski definition) is 1. The highest BCUT2D eigenvalue weighted by Crippen LogP contribution is 2.43. The molecule has 0 spiro atoms. The Kier molecular flexibility index (Phi) is 15.1. The SMILES string of the molecule is CC(C)[Si](C#CC(C#N)=C(C#C[Si](C(C)C)(C(C)C)C(C)C)C#C[Si](C(C)C)(C(C)C)C(C)C)(C(C)C)C(C)C.